The minimum absolute atomic E-state index is 0.174. The van der Waals surface area contributed by atoms with Gasteiger partial charge in [0.05, 0.1) is 13.2 Å². The second kappa shape index (κ2) is 8.23. The summed E-state index contributed by atoms with van der Waals surface area (Å²) >= 11 is 0. The number of hydrogen-bond donors (Lipinski definition) is 1. The molecule has 1 aromatic carbocycles. The van der Waals surface area contributed by atoms with Crippen molar-refractivity contribution in [3.8, 4) is 0 Å². The number of nitrogens with one attached hydrogen (secondary N) is 1. The molecule has 0 saturated carbocycles. The van der Waals surface area contributed by atoms with Crippen LogP contribution in [0.4, 0.5) is 0 Å². The standard InChI is InChI=1S/C18H29NO/c1-15(2)11-13-20-14-17-9-7-6-8-16(17)10-12-19-18(3,4)5/h6-9,19H,1,10-14H2,2-5H3. The quantitative estimate of drug-likeness (QED) is 0.569. The Morgan fingerprint density at radius 3 is 2.45 bits per heavy atom. The third-order valence-electron chi connectivity index (χ3n) is 3.10. The van der Waals surface area contributed by atoms with E-state index in [0.29, 0.717) is 6.61 Å². The fourth-order valence-corrected chi connectivity index (χ4v) is 1.94. The Morgan fingerprint density at radius 1 is 1.20 bits per heavy atom. The third kappa shape index (κ3) is 7.46. The Bertz CT molecular complexity index is 418. The molecule has 0 amide bonds. The van der Waals surface area contributed by atoms with Crippen LogP contribution in [0.1, 0.15) is 45.2 Å². The number of ether oxygens (including phenoxy) is 1. The van der Waals surface area contributed by atoms with Gasteiger partial charge in [0, 0.05) is 5.54 Å². The van der Waals surface area contributed by atoms with Crippen molar-refractivity contribution in [3.05, 3.63) is 47.5 Å². The van der Waals surface area contributed by atoms with Crippen LogP contribution in [0.5, 0.6) is 0 Å². The van der Waals surface area contributed by atoms with E-state index >= 15 is 0 Å². The van der Waals surface area contributed by atoms with E-state index in [2.05, 4.69) is 56.9 Å². The van der Waals surface area contributed by atoms with Crippen LogP contribution < -0.4 is 5.32 Å². The van der Waals surface area contributed by atoms with E-state index in [-0.39, 0.29) is 5.54 Å². The molecule has 0 aliphatic carbocycles. The highest BCUT2D eigenvalue weighted by Gasteiger charge is 2.08. The molecule has 0 spiro atoms. The summed E-state index contributed by atoms with van der Waals surface area (Å²) in [7, 11) is 0. The van der Waals surface area contributed by atoms with Gasteiger partial charge in [-0.1, -0.05) is 29.8 Å². The summed E-state index contributed by atoms with van der Waals surface area (Å²) in [6.07, 6.45) is 1.98. The molecule has 0 radical (unpaired) electrons. The molecule has 1 N–H and O–H groups in total. The topological polar surface area (TPSA) is 21.3 Å². The van der Waals surface area contributed by atoms with Gasteiger partial charge in [0.2, 0.25) is 0 Å². The second-order valence-corrected chi connectivity index (χ2v) is 6.46. The second-order valence-electron chi connectivity index (χ2n) is 6.46. The van der Waals surface area contributed by atoms with Gasteiger partial charge in [-0.05, 0) is 58.2 Å². The van der Waals surface area contributed by atoms with Crippen molar-refractivity contribution in [2.24, 2.45) is 0 Å². The maximum absolute atomic E-state index is 5.74. The monoisotopic (exact) mass is 275 g/mol. The van der Waals surface area contributed by atoms with Crippen molar-refractivity contribution in [1.82, 2.24) is 5.32 Å². The minimum atomic E-state index is 0.174. The first kappa shape index (κ1) is 16.9. The van der Waals surface area contributed by atoms with Crippen LogP contribution in [-0.2, 0) is 17.8 Å². The molecule has 2 heteroatoms. The minimum Gasteiger partial charge on any atom is -0.376 e. The zero-order chi connectivity index (χ0) is 15.0. The van der Waals surface area contributed by atoms with E-state index in [1.807, 2.05) is 6.92 Å². The number of hydrogen-bond acceptors (Lipinski definition) is 2. The van der Waals surface area contributed by atoms with Crippen LogP contribution in [0.3, 0.4) is 0 Å². The lowest BCUT2D eigenvalue weighted by molar-refractivity contribution is 0.123. The lowest BCUT2D eigenvalue weighted by Crippen LogP contribution is -2.37. The van der Waals surface area contributed by atoms with Gasteiger partial charge in [-0.2, -0.15) is 0 Å². The summed E-state index contributed by atoms with van der Waals surface area (Å²) in [5.74, 6) is 0. The highest BCUT2D eigenvalue weighted by Crippen LogP contribution is 2.12. The van der Waals surface area contributed by atoms with Crippen molar-refractivity contribution in [1.29, 1.82) is 0 Å². The Kier molecular flexibility index (Phi) is 6.97. The number of rotatable bonds is 8. The molecule has 1 rings (SSSR count). The number of benzene rings is 1. The normalized spacial score (nSPS) is 11.6. The highest BCUT2D eigenvalue weighted by atomic mass is 16.5. The van der Waals surface area contributed by atoms with Crippen molar-refractivity contribution in [2.75, 3.05) is 13.2 Å². The zero-order valence-electron chi connectivity index (χ0n) is 13.5. The molecule has 0 fully saturated rings. The maximum Gasteiger partial charge on any atom is 0.0719 e. The molecule has 0 bridgehead atoms. The van der Waals surface area contributed by atoms with Gasteiger partial charge in [-0.3, -0.25) is 0 Å². The van der Waals surface area contributed by atoms with Crippen LogP contribution in [0.25, 0.3) is 0 Å². The van der Waals surface area contributed by atoms with Crippen molar-refractivity contribution < 1.29 is 4.74 Å². The lowest BCUT2D eigenvalue weighted by atomic mass is 10.0. The van der Waals surface area contributed by atoms with E-state index in [1.165, 1.54) is 16.7 Å². The van der Waals surface area contributed by atoms with Crippen LogP contribution >= 0.6 is 0 Å². The summed E-state index contributed by atoms with van der Waals surface area (Å²) in [5, 5.41) is 3.53. The Hall–Kier alpha value is -1.12. The molecule has 0 unspecified atom stereocenters. The molecule has 0 aromatic heterocycles. The first-order valence-electron chi connectivity index (χ1n) is 7.42. The van der Waals surface area contributed by atoms with Gasteiger partial charge in [0.15, 0.2) is 0 Å². The Labute approximate surface area is 124 Å². The predicted molar refractivity (Wildman–Crippen MR) is 87.0 cm³/mol. The fourth-order valence-electron chi connectivity index (χ4n) is 1.94. The molecule has 0 aliphatic heterocycles. The van der Waals surface area contributed by atoms with Crippen LogP contribution in [0.15, 0.2) is 36.4 Å². The smallest absolute Gasteiger partial charge is 0.0719 e. The van der Waals surface area contributed by atoms with Crippen molar-refractivity contribution in [3.63, 3.8) is 0 Å². The van der Waals surface area contributed by atoms with E-state index in [0.717, 1.165) is 26.0 Å². The van der Waals surface area contributed by atoms with E-state index in [9.17, 15) is 0 Å². The summed E-state index contributed by atoms with van der Waals surface area (Å²) < 4.78 is 5.74. The van der Waals surface area contributed by atoms with Gasteiger partial charge in [-0.25, -0.2) is 0 Å². The molecule has 2 nitrogen and oxygen atoms in total. The third-order valence-corrected chi connectivity index (χ3v) is 3.10. The molecule has 0 aliphatic rings. The van der Waals surface area contributed by atoms with E-state index < -0.39 is 0 Å². The molecular weight excluding hydrogens is 246 g/mol. The van der Waals surface area contributed by atoms with Crippen LogP contribution in [-0.4, -0.2) is 18.7 Å². The largest absolute Gasteiger partial charge is 0.376 e. The summed E-state index contributed by atoms with van der Waals surface area (Å²) in [6, 6.07) is 8.54. The first-order valence-corrected chi connectivity index (χ1v) is 7.42. The zero-order valence-corrected chi connectivity index (χ0v) is 13.5. The van der Waals surface area contributed by atoms with Crippen LogP contribution in [0, 0.1) is 0 Å². The van der Waals surface area contributed by atoms with Gasteiger partial charge in [-0.15, -0.1) is 6.58 Å². The van der Waals surface area contributed by atoms with Crippen molar-refractivity contribution in [2.45, 2.75) is 52.7 Å². The average Bonchev–Trinajstić information content (AvgIpc) is 2.34. The summed E-state index contributed by atoms with van der Waals surface area (Å²) in [5.41, 5.74) is 4.02. The average molecular weight is 275 g/mol. The molecule has 0 atom stereocenters. The maximum atomic E-state index is 5.74. The molecule has 1 aromatic rings. The van der Waals surface area contributed by atoms with Crippen LogP contribution in [0.2, 0.25) is 0 Å². The fraction of sp³-hybridized carbons (Fsp3) is 0.556. The van der Waals surface area contributed by atoms with E-state index in [4.69, 9.17) is 4.74 Å². The lowest BCUT2D eigenvalue weighted by Gasteiger charge is -2.21. The molecule has 0 heterocycles. The van der Waals surface area contributed by atoms with Gasteiger partial charge < -0.3 is 10.1 Å². The molecule has 20 heavy (non-hydrogen) atoms. The molecule has 112 valence electrons. The molecule has 0 saturated heterocycles. The summed E-state index contributed by atoms with van der Waals surface area (Å²) in [6.45, 7) is 15.0. The molecular formula is C18H29NO. The van der Waals surface area contributed by atoms with E-state index in [1.54, 1.807) is 0 Å². The highest BCUT2D eigenvalue weighted by molar-refractivity contribution is 5.26. The van der Waals surface area contributed by atoms with Gasteiger partial charge in [0.1, 0.15) is 0 Å². The summed E-state index contributed by atoms with van der Waals surface area (Å²) in [4.78, 5) is 0. The van der Waals surface area contributed by atoms with Gasteiger partial charge >= 0.3 is 0 Å². The first-order chi connectivity index (χ1) is 9.38. The van der Waals surface area contributed by atoms with Crippen molar-refractivity contribution >= 4 is 0 Å². The Morgan fingerprint density at radius 2 is 1.85 bits per heavy atom. The van der Waals surface area contributed by atoms with Gasteiger partial charge in [0.25, 0.3) is 0 Å². The SMILES string of the molecule is C=C(C)CCOCc1ccccc1CCNC(C)(C)C. The predicted octanol–water partition coefficient (Wildman–Crippen LogP) is 4.10. The Balaban J connectivity index is 2.44.